The Hall–Kier alpha value is -0.340. The summed E-state index contributed by atoms with van der Waals surface area (Å²) >= 11 is 0. The van der Waals surface area contributed by atoms with Gasteiger partial charge in [0, 0.05) is 12.0 Å². The maximum Gasteiger partial charge on any atom is 0.0623 e. The Bertz CT molecular complexity index is 229. The molecule has 0 aromatic carbocycles. The number of fused-ring (bicyclic) bond motifs is 2. The number of allylic oxidation sites excluding steroid dienone is 1. The van der Waals surface area contributed by atoms with Crippen LogP contribution in [0.3, 0.4) is 0 Å². The fourth-order valence-corrected chi connectivity index (χ4v) is 3.31. The molecule has 0 amide bonds. The first-order valence-electron chi connectivity index (χ1n) is 6.85. The van der Waals surface area contributed by atoms with Crippen LogP contribution in [0, 0.1) is 5.92 Å². The normalized spacial score (nSPS) is 34.2. The summed E-state index contributed by atoms with van der Waals surface area (Å²) in [5.41, 5.74) is 0. The minimum absolute atomic E-state index is 0.554. The molecule has 2 nitrogen and oxygen atoms in total. The summed E-state index contributed by atoms with van der Waals surface area (Å²) in [7, 11) is 0. The summed E-state index contributed by atoms with van der Waals surface area (Å²) in [6, 6.07) is 0.667. The van der Waals surface area contributed by atoms with Crippen molar-refractivity contribution in [3.63, 3.8) is 0 Å². The summed E-state index contributed by atoms with van der Waals surface area (Å²) < 4.78 is 5.96. The third-order valence-corrected chi connectivity index (χ3v) is 4.06. The smallest absolute Gasteiger partial charge is 0.0623 e. The first-order valence-corrected chi connectivity index (χ1v) is 6.85. The largest absolute Gasteiger partial charge is 0.375 e. The third kappa shape index (κ3) is 2.67. The molecule has 2 bridgehead atoms. The number of nitrogens with one attached hydrogen (secondary N) is 1. The van der Waals surface area contributed by atoms with E-state index in [1.165, 1.54) is 32.1 Å². The Kier molecular flexibility index (Phi) is 4.42. The molecule has 2 heteroatoms. The lowest BCUT2D eigenvalue weighted by atomic mass is 9.82. The molecule has 0 saturated carbocycles. The molecule has 0 aliphatic carbocycles. The van der Waals surface area contributed by atoms with Gasteiger partial charge in [0.2, 0.25) is 0 Å². The number of rotatable bonds is 7. The maximum atomic E-state index is 5.96. The van der Waals surface area contributed by atoms with Gasteiger partial charge in [0.15, 0.2) is 0 Å². The molecule has 2 heterocycles. The van der Waals surface area contributed by atoms with Crippen molar-refractivity contribution in [3.05, 3.63) is 12.7 Å². The van der Waals surface area contributed by atoms with Gasteiger partial charge in [-0.25, -0.2) is 0 Å². The minimum atomic E-state index is 0.554. The van der Waals surface area contributed by atoms with Crippen molar-refractivity contribution in [2.24, 2.45) is 5.92 Å². The van der Waals surface area contributed by atoms with Gasteiger partial charge in [-0.15, -0.1) is 6.58 Å². The molecule has 16 heavy (non-hydrogen) atoms. The van der Waals surface area contributed by atoms with Gasteiger partial charge in [-0.05, 0) is 45.1 Å². The highest BCUT2D eigenvalue weighted by Gasteiger charge is 2.43. The molecule has 1 N–H and O–H groups in total. The zero-order chi connectivity index (χ0) is 11.4. The van der Waals surface area contributed by atoms with Crippen molar-refractivity contribution < 1.29 is 4.74 Å². The number of hydrogen-bond acceptors (Lipinski definition) is 2. The monoisotopic (exact) mass is 223 g/mol. The summed E-state index contributed by atoms with van der Waals surface area (Å²) in [4.78, 5) is 0. The van der Waals surface area contributed by atoms with E-state index >= 15 is 0 Å². The van der Waals surface area contributed by atoms with Crippen LogP contribution in [0.1, 0.15) is 45.4 Å². The van der Waals surface area contributed by atoms with Crippen LogP contribution >= 0.6 is 0 Å². The fourth-order valence-electron chi connectivity index (χ4n) is 3.31. The van der Waals surface area contributed by atoms with Gasteiger partial charge in [-0.1, -0.05) is 13.0 Å². The molecule has 2 aliphatic rings. The Morgan fingerprint density at radius 2 is 2.38 bits per heavy atom. The second kappa shape index (κ2) is 5.83. The summed E-state index contributed by atoms with van der Waals surface area (Å²) in [5.74, 6) is 0.767. The van der Waals surface area contributed by atoms with Crippen LogP contribution in [-0.4, -0.2) is 24.8 Å². The second-order valence-electron chi connectivity index (χ2n) is 5.16. The van der Waals surface area contributed by atoms with Crippen LogP contribution in [0.4, 0.5) is 0 Å². The average molecular weight is 223 g/mol. The fraction of sp³-hybridized carbons (Fsp3) is 0.857. The minimum Gasteiger partial charge on any atom is -0.375 e. The topological polar surface area (TPSA) is 21.3 Å². The molecular weight excluding hydrogens is 198 g/mol. The quantitative estimate of drug-likeness (QED) is 0.529. The van der Waals surface area contributed by atoms with Crippen molar-refractivity contribution >= 4 is 0 Å². The molecule has 2 aliphatic heterocycles. The van der Waals surface area contributed by atoms with E-state index in [9.17, 15) is 0 Å². The van der Waals surface area contributed by atoms with Crippen LogP contribution in [0.25, 0.3) is 0 Å². The van der Waals surface area contributed by atoms with Crippen LogP contribution in [0.15, 0.2) is 12.7 Å². The van der Waals surface area contributed by atoms with E-state index in [1.54, 1.807) is 0 Å². The van der Waals surface area contributed by atoms with Gasteiger partial charge >= 0.3 is 0 Å². The predicted molar refractivity (Wildman–Crippen MR) is 67.5 cm³/mol. The highest BCUT2D eigenvalue weighted by molar-refractivity contribution is 4.95. The zero-order valence-corrected chi connectivity index (χ0v) is 10.5. The molecule has 2 rings (SSSR count). The van der Waals surface area contributed by atoms with Crippen LogP contribution in [0.2, 0.25) is 0 Å². The Balaban J connectivity index is 1.83. The summed E-state index contributed by atoms with van der Waals surface area (Å²) in [5, 5.41) is 3.65. The SMILES string of the molecule is C=CCCCC(NCC)C1CC2CCC1O2. The molecule has 4 atom stereocenters. The van der Waals surface area contributed by atoms with Crippen molar-refractivity contribution in [1.82, 2.24) is 5.32 Å². The van der Waals surface area contributed by atoms with E-state index in [-0.39, 0.29) is 0 Å². The van der Waals surface area contributed by atoms with Crippen molar-refractivity contribution in [2.45, 2.75) is 63.7 Å². The first kappa shape index (κ1) is 12.1. The average Bonchev–Trinajstić information content (AvgIpc) is 2.90. The lowest BCUT2D eigenvalue weighted by Crippen LogP contribution is -2.40. The Morgan fingerprint density at radius 1 is 1.50 bits per heavy atom. The van der Waals surface area contributed by atoms with Crippen molar-refractivity contribution in [3.8, 4) is 0 Å². The molecular formula is C14H25NO. The molecule has 2 saturated heterocycles. The molecule has 4 unspecified atom stereocenters. The number of ether oxygens (including phenoxy) is 1. The first-order chi connectivity index (χ1) is 7.85. The molecule has 0 radical (unpaired) electrons. The highest BCUT2D eigenvalue weighted by Crippen LogP contribution is 2.41. The van der Waals surface area contributed by atoms with E-state index in [1.807, 2.05) is 6.08 Å². The Morgan fingerprint density at radius 3 is 2.94 bits per heavy atom. The number of hydrogen-bond donors (Lipinski definition) is 1. The van der Waals surface area contributed by atoms with Crippen LogP contribution < -0.4 is 5.32 Å². The molecule has 0 aromatic rings. The van der Waals surface area contributed by atoms with E-state index in [0.717, 1.165) is 18.9 Å². The molecule has 0 spiro atoms. The van der Waals surface area contributed by atoms with Crippen molar-refractivity contribution in [2.75, 3.05) is 6.54 Å². The van der Waals surface area contributed by atoms with E-state index in [4.69, 9.17) is 4.74 Å². The summed E-state index contributed by atoms with van der Waals surface area (Å²) in [6.07, 6.45) is 10.7. The second-order valence-corrected chi connectivity index (χ2v) is 5.16. The van der Waals surface area contributed by atoms with E-state index in [0.29, 0.717) is 18.2 Å². The van der Waals surface area contributed by atoms with E-state index in [2.05, 4.69) is 18.8 Å². The van der Waals surface area contributed by atoms with Gasteiger partial charge in [0.25, 0.3) is 0 Å². The lowest BCUT2D eigenvalue weighted by Gasteiger charge is -2.29. The molecule has 0 aromatic heterocycles. The van der Waals surface area contributed by atoms with Crippen LogP contribution in [0.5, 0.6) is 0 Å². The highest BCUT2D eigenvalue weighted by atomic mass is 16.5. The molecule has 92 valence electrons. The van der Waals surface area contributed by atoms with Gasteiger partial charge < -0.3 is 10.1 Å². The maximum absolute atomic E-state index is 5.96. The van der Waals surface area contributed by atoms with E-state index < -0.39 is 0 Å². The third-order valence-electron chi connectivity index (χ3n) is 4.06. The predicted octanol–water partition coefficient (Wildman–Crippen LogP) is 2.89. The van der Waals surface area contributed by atoms with Gasteiger partial charge in [-0.2, -0.15) is 0 Å². The van der Waals surface area contributed by atoms with Gasteiger partial charge in [0.1, 0.15) is 0 Å². The number of unbranched alkanes of at least 4 members (excludes halogenated alkanes) is 1. The standard InChI is InChI=1S/C14H25NO/c1-3-5-6-7-13(15-4-2)12-10-11-8-9-14(12)16-11/h3,11-15H,1,4-10H2,2H3. The van der Waals surface area contributed by atoms with Crippen molar-refractivity contribution in [1.29, 1.82) is 0 Å². The Labute approximate surface area is 99.4 Å². The molecule has 2 fully saturated rings. The van der Waals surface area contributed by atoms with Gasteiger partial charge in [0.05, 0.1) is 12.2 Å². The summed E-state index contributed by atoms with van der Waals surface area (Å²) in [6.45, 7) is 7.07. The zero-order valence-electron chi connectivity index (χ0n) is 10.5. The van der Waals surface area contributed by atoms with Gasteiger partial charge in [-0.3, -0.25) is 0 Å². The van der Waals surface area contributed by atoms with Crippen LogP contribution in [-0.2, 0) is 4.74 Å². The lowest BCUT2D eigenvalue weighted by molar-refractivity contribution is 0.0849.